The minimum absolute atomic E-state index is 0.227. The average molecular weight is 238 g/mol. The SMILES string of the molecule is COCC1CCN(c2cc(NN)nc(N)n2)C1. The quantitative estimate of drug-likeness (QED) is 0.494. The molecule has 7 heteroatoms. The molecule has 0 saturated carbocycles. The predicted molar refractivity (Wildman–Crippen MR) is 66.5 cm³/mol. The van der Waals surface area contributed by atoms with Gasteiger partial charge in [-0.3, -0.25) is 0 Å². The molecule has 17 heavy (non-hydrogen) atoms. The summed E-state index contributed by atoms with van der Waals surface area (Å²) in [6, 6.07) is 1.80. The second kappa shape index (κ2) is 5.15. The van der Waals surface area contributed by atoms with Crippen LogP contribution in [0.5, 0.6) is 0 Å². The van der Waals surface area contributed by atoms with E-state index in [0.717, 1.165) is 31.9 Å². The molecule has 2 heterocycles. The normalized spacial score (nSPS) is 19.6. The topological polar surface area (TPSA) is 102 Å². The summed E-state index contributed by atoms with van der Waals surface area (Å²) in [6.07, 6.45) is 1.10. The Labute approximate surface area is 100 Å². The van der Waals surface area contributed by atoms with Crippen LogP contribution in [-0.4, -0.2) is 36.8 Å². The van der Waals surface area contributed by atoms with Gasteiger partial charge in [0.1, 0.15) is 11.6 Å². The smallest absolute Gasteiger partial charge is 0.223 e. The van der Waals surface area contributed by atoms with E-state index in [4.69, 9.17) is 16.3 Å². The molecule has 7 nitrogen and oxygen atoms in total. The summed E-state index contributed by atoms with van der Waals surface area (Å²) in [4.78, 5) is 10.3. The zero-order valence-corrected chi connectivity index (χ0v) is 9.89. The van der Waals surface area contributed by atoms with Crippen LogP contribution in [0.2, 0.25) is 0 Å². The Bertz CT molecular complexity index is 385. The molecule has 0 aromatic carbocycles. The first-order valence-electron chi connectivity index (χ1n) is 5.58. The monoisotopic (exact) mass is 238 g/mol. The van der Waals surface area contributed by atoms with Crippen LogP contribution in [-0.2, 0) is 4.74 Å². The van der Waals surface area contributed by atoms with Crippen LogP contribution in [0.4, 0.5) is 17.6 Å². The minimum Gasteiger partial charge on any atom is -0.384 e. The molecule has 5 N–H and O–H groups in total. The van der Waals surface area contributed by atoms with Crippen molar-refractivity contribution in [1.29, 1.82) is 0 Å². The summed E-state index contributed by atoms with van der Waals surface area (Å²) in [6.45, 7) is 2.65. The lowest BCUT2D eigenvalue weighted by atomic mass is 10.1. The summed E-state index contributed by atoms with van der Waals surface area (Å²) in [5.41, 5.74) is 8.11. The molecule has 1 aromatic heterocycles. The van der Waals surface area contributed by atoms with Crippen molar-refractivity contribution in [3.8, 4) is 0 Å². The Morgan fingerprint density at radius 1 is 1.59 bits per heavy atom. The number of hydrogen-bond acceptors (Lipinski definition) is 7. The highest BCUT2D eigenvalue weighted by molar-refractivity contribution is 5.52. The molecule has 1 atom stereocenters. The van der Waals surface area contributed by atoms with Gasteiger partial charge in [-0.15, -0.1) is 0 Å². The summed E-state index contributed by atoms with van der Waals surface area (Å²) >= 11 is 0. The van der Waals surface area contributed by atoms with Gasteiger partial charge in [-0.2, -0.15) is 9.97 Å². The van der Waals surface area contributed by atoms with Crippen molar-refractivity contribution in [3.63, 3.8) is 0 Å². The lowest BCUT2D eigenvalue weighted by Crippen LogP contribution is -2.23. The van der Waals surface area contributed by atoms with Crippen LogP contribution in [0, 0.1) is 5.92 Å². The maximum atomic E-state index is 5.63. The van der Waals surface area contributed by atoms with E-state index in [0.29, 0.717) is 11.7 Å². The van der Waals surface area contributed by atoms with Crippen LogP contribution >= 0.6 is 0 Å². The Kier molecular flexibility index (Phi) is 3.60. The largest absolute Gasteiger partial charge is 0.384 e. The number of anilines is 3. The van der Waals surface area contributed by atoms with Gasteiger partial charge in [0.25, 0.3) is 0 Å². The predicted octanol–water partition coefficient (Wildman–Crippen LogP) is -0.183. The average Bonchev–Trinajstić information content (AvgIpc) is 2.77. The van der Waals surface area contributed by atoms with Crippen molar-refractivity contribution >= 4 is 17.6 Å². The highest BCUT2D eigenvalue weighted by Gasteiger charge is 2.23. The molecular formula is C10H18N6O. The Morgan fingerprint density at radius 2 is 2.41 bits per heavy atom. The van der Waals surface area contributed by atoms with Gasteiger partial charge in [0.05, 0.1) is 6.61 Å². The van der Waals surface area contributed by atoms with E-state index in [9.17, 15) is 0 Å². The molecule has 1 fully saturated rings. The van der Waals surface area contributed by atoms with Gasteiger partial charge in [0.15, 0.2) is 0 Å². The molecule has 1 aliphatic heterocycles. The van der Waals surface area contributed by atoms with E-state index >= 15 is 0 Å². The summed E-state index contributed by atoms with van der Waals surface area (Å²) < 4.78 is 5.16. The Balaban J connectivity index is 2.10. The van der Waals surface area contributed by atoms with Gasteiger partial charge in [-0.1, -0.05) is 0 Å². The maximum absolute atomic E-state index is 5.63. The van der Waals surface area contributed by atoms with Gasteiger partial charge in [0, 0.05) is 32.2 Å². The van der Waals surface area contributed by atoms with Crippen molar-refractivity contribution in [1.82, 2.24) is 9.97 Å². The fraction of sp³-hybridized carbons (Fsp3) is 0.600. The lowest BCUT2D eigenvalue weighted by molar-refractivity contribution is 0.161. The van der Waals surface area contributed by atoms with Crippen LogP contribution in [0.1, 0.15) is 6.42 Å². The second-order valence-corrected chi connectivity index (χ2v) is 4.17. The van der Waals surface area contributed by atoms with Crippen LogP contribution < -0.4 is 21.9 Å². The molecule has 0 bridgehead atoms. The first kappa shape index (κ1) is 11.9. The standard InChI is InChI=1S/C10H18N6O/c1-17-6-7-2-3-16(5-7)9-4-8(15-12)13-10(11)14-9/h4,7H,2-3,5-6,12H2,1H3,(H3,11,13,14,15). The molecule has 0 spiro atoms. The number of nitrogens with one attached hydrogen (secondary N) is 1. The molecule has 94 valence electrons. The van der Waals surface area contributed by atoms with Crippen molar-refractivity contribution in [2.45, 2.75) is 6.42 Å². The molecular weight excluding hydrogens is 220 g/mol. The van der Waals surface area contributed by atoms with Gasteiger partial charge >= 0.3 is 0 Å². The highest BCUT2D eigenvalue weighted by Crippen LogP contribution is 2.24. The fourth-order valence-corrected chi connectivity index (χ4v) is 2.10. The Hall–Kier alpha value is -1.60. The first-order valence-corrected chi connectivity index (χ1v) is 5.58. The number of nitrogens with two attached hydrogens (primary N) is 2. The number of ether oxygens (including phenoxy) is 1. The number of methoxy groups -OCH3 is 1. The van der Waals surface area contributed by atoms with Gasteiger partial charge < -0.3 is 20.8 Å². The fourth-order valence-electron chi connectivity index (χ4n) is 2.10. The van der Waals surface area contributed by atoms with E-state index in [-0.39, 0.29) is 5.95 Å². The van der Waals surface area contributed by atoms with Gasteiger partial charge in [-0.25, -0.2) is 5.84 Å². The Morgan fingerprint density at radius 3 is 3.12 bits per heavy atom. The molecule has 1 saturated heterocycles. The number of aromatic nitrogens is 2. The first-order chi connectivity index (χ1) is 8.22. The minimum atomic E-state index is 0.227. The van der Waals surface area contributed by atoms with Gasteiger partial charge in [-0.05, 0) is 6.42 Å². The zero-order chi connectivity index (χ0) is 12.3. The number of nitrogen functional groups attached to an aromatic ring is 2. The summed E-state index contributed by atoms with van der Waals surface area (Å²) in [5.74, 6) is 7.44. The number of hydrogen-bond donors (Lipinski definition) is 3. The van der Waals surface area contributed by atoms with Gasteiger partial charge in [0.2, 0.25) is 5.95 Å². The third-order valence-electron chi connectivity index (χ3n) is 2.89. The van der Waals surface area contributed by atoms with Crippen LogP contribution in [0.25, 0.3) is 0 Å². The molecule has 0 aliphatic carbocycles. The molecule has 1 aromatic rings. The summed E-state index contributed by atoms with van der Waals surface area (Å²) in [7, 11) is 1.72. The van der Waals surface area contributed by atoms with Crippen molar-refractivity contribution in [2.75, 3.05) is 42.9 Å². The maximum Gasteiger partial charge on any atom is 0.223 e. The lowest BCUT2D eigenvalue weighted by Gasteiger charge is -2.18. The highest BCUT2D eigenvalue weighted by atomic mass is 16.5. The molecule has 0 amide bonds. The number of rotatable bonds is 4. The number of hydrazine groups is 1. The van der Waals surface area contributed by atoms with Crippen LogP contribution in [0.3, 0.4) is 0 Å². The van der Waals surface area contributed by atoms with Crippen molar-refractivity contribution in [3.05, 3.63) is 6.07 Å². The zero-order valence-electron chi connectivity index (χ0n) is 9.89. The van der Waals surface area contributed by atoms with E-state index < -0.39 is 0 Å². The second-order valence-electron chi connectivity index (χ2n) is 4.17. The van der Waals surface area contributed by atoms with Crippen molar-refractivity contribution < 1.29 is 4.74 Å². The van der Waals surface area contributed by atoms with E-state index in [1.54, 1.807) is 13.2 Å². The summed E-state index contributed by atoms with van der Waals surface area (Å²) in [5, 5.41) is 0. The molecule has 1 unspecified atom stereocenters. The molecule has 0 radical (unpaired) electrons. The molecule has 2 rings (SSSR count). The van der Waals surface area contributed by atoms with E-state index in [1.807, 2.05) is 0 Å². The number of nitrogens with zero attached hydrogens (tertiary/aromatic N) is 3. The third-order valence-corrected chi connectivity index (χ3v) is 2.89. The van der Waals surface area contributed by atoms with Crippen molar-refractivity contribution in [2.24, 2.45) is 11.8 Å². The van der Waals surface area contributed by atoms with E-state index in [2.05, 4.69) is 20.3 Å². The van der Waals surface area contributed by atoms with E-state index in [1.165, 1.54) is 0 Å². The van der Waals surface area contributed by atoms with Crippen LogP contribution in [0.15, 0.2) is 6.07 Å². The third kappa shape index (κ3) is 2.75. The molecule has 1 aliphatic rings.